The molecule has 1 aliphatic heterocycles. The van der Waals surface area contributed by atoms with Crippen LogP contribution in [0.2, 0.25) is 0 Å². The van der Waals surface area contributed by atoms with Crippen molar-refractivity contribution in [3.05, 3.63) is 64.0 Å². The molecule has 1 aliphatic rings. The van der Waals surface area contributed by atoms with Crippen molar-refractivity contribution in [3.8, 4) is 0 Å². The summed E-state index contributed by atoms with van der Waals surface area (Å²) in [5.41, 5.74) is 1.99. The number of benzene rings is 1. The fourth-order valence-corrected chi connectivity index (χ4v) is 4.13. The number of aromatic nitrogens is 1. The topological polar surface area (TPSA) is 62.3 Å². The maximum absolute atomic E-state index is 12.6. The van der Waals surface area contributed by atoms with E-state index in [4.69, 9.17) is 12.2 Å². The van der Waals surface area contributed by atoms with Crippen molar-refractivity contribution in [3.63, 3.8) is 0 Å². The van der Waals surface area contributed by atoms with Gasteiger partial charge in [0.2, 0.25) is 5.91 Å². The smallest absolute Gasteiger partial charge is 0.266 e. The van der Waals surface area contributed by atoms with Gasteiger partial charge in [0.1, 0.15) is 10.9 Å². The highest BCUT2D eigenvalue weighted by molar-refractivity contribution is 8.26. The minimum Gasteiger partial charge on any atom is -0.300 e. The maximum Gasteiger partial charge on any atom is 0.266 e. The molecule has 0 bridgehead atoms. The Bertz CT molecular complexity index is 890. The van der Waals surface area contributed by atoms with Crippen LogP contribution in [0.4, 0.5) is 5.13 Å². The summed E-state index contributed by atoms with van der Waals surface area (Å²) in [6, 6.07) is 9.85. The molecule has 0 saturated carbocycles. The Hall–Kier alpha value is -2.29. The van der Waals surface area contributed by atoms with E-state index in [9.17, 15) is 9.59 Å². The average Bonchev–Trinajstić information content (AvgIpc) is 3.20. The molecule has 2 amide bonds. The van der Waals surface area contributed by atoms with Crippen LogP contribution in [0.3, 0.4) is 0 Å². The molecule has 0 aliphatic carbocycles. The van der Waals surface area contributed by atoms with Crippen LogP contribution in [0.25, 0.3) is 6.08 Å². The normalized spacial score (nSPS) is 16.4. The lowest BCUT2D eigenvalue weighted by Crippen LogP contribution is -2.36. The third kappa shape index (κ3) is 4.66. The molecule has 1 fully saturated rings. The van der Waals surface area contributed by atoms with E-state index < -0.39 is 0 Å². The number of rotatable bonds is 5. The Labute approximate surface area is 164 Å². The second-order valence-electron chi connectivity index (χ2n) is 5.45. The number of nitrogens with zero attached hydrogens (tertiary/aromatic N) is 2. The lowest BCUT2D eigenvalue weighted by Gasteiger charge is -2.13. The van der Waals surface area contributed by atoms with Crippen molar-refractivity contribution >= 4 is 62.7 Å². The standard InChI is InChI=1S/C18H15N3O2S3/c1-12(9-13-5-3-2-4-6-13)10-14-16(23)21(18(24)26-14)11-15(22)20-17-19-7-8-25-17/h2-10H,11H2,1H3,(H,19,20,22)/b12-9+,14-10+. The van der Waals surface area contributed by atoms with E-state index in [0.717, 1.165) is 11.1 Å². The molecule has 5 nitrogen and oxygen atoms in total. The Morgan fingerprint density at radius 3 is 2.81 bits per heavy atom. The van der Waals surface area contributed by atoms with Crippen LogP contribution in [0.1, 0.15) is 12.5 Å². The predicted octanol–water partition coefficient (Wildman–Crippen LogP) is 3.93. The molecule has 2 heterocycles. The lowest BCUT2D eigenvalue weighted by atomic mass is 10.1. The quantitative estimate of drug-likeness (QED) is 0.608. The number of thiocarbonyl (C=S) groups is 1. The maximum atomic E-state index is 12.6. The molecule has 3 rings (SSSR count). The van der Waals surface area contributed by atoms with Gasteiger partial charge >= 0.3 is 0 Å². The van der Waals surface area contributed by atoms with Crippen LogP contribution < -0.4 is 5.32 Å². The summed E-state index contributed by atoms with van der Waals surface area (Å²) in [4.78, 5) is 30.5. The van der Waals surface area contributed by atoms with Crippen molar-refractivity contribution in [1.29, 1.82) is 0 Å². The van der Waals surface area contributed by atoms with Crippen LogP contribution in [0.15, 0.2) is 58.5 Å². The summed E-state index contributed by atoms with van der Waals surface area (Å²) < 4.78 is 0.378. The Balaban J connectivity index is 1.68. The van der Waals surface area contributed by atoms with Gasteiger partial charge in [-0.05, 0) is 24.1 Å². The van der Waals surface area contributed by atoms with Crippen LogP contribution in [0.5, 0.6) is 0 Å². The first-order valence-corrected chi connectivity index (χ1v) is 9.81. The number of carbonyl (C=O) groups is 2. The third-order valence-corrected chi connectivity index (χ3v) is 5.47. The van der Waals surface area contributed by atoms with Crippen molar-refractivity contribution in [2.45, 2.75) is 6.92 Å². The lowest BCUT2D eigenvalue weighted by molar-refractivity contribution is -0.126. The number of nitrogens with one attached hydrogen (secondary N) is 1. The number of hydrogen-bond donors (Lipinski definition) is 1. The van der Waals surface area contributed by atoms with E-state index in [1.54, 1.807) is 17.7 Å². The van der Waals surface area contributed by atoms with Gasteiger partial charge in [-0.3, -0.25) is 14.5 Å². The zero-order valence-electron chi connectivity index (χ0n) is 13.8. The zero-order valence-corrected chi connectivity index (χ0v) is 16.3. The van der Waals surface area contributed by atoms with E-state index in [1.807, 2.05) is 43.3 Å². The van der Waals surface area contributed by atoms with E-state index in [-0.39, 0.29) is 18.4 Å². The fraction of sp³-hybridized carbons (Fsp3) is 0.111. The van der Waals surface area contributed by atoms with Gasteiger partial charge in [-0.15, -0.1) is 11.3 Å². The number of thiazole rings is 1. The van der Waals surface area contributed by atoms with Gasteiger partial charge in [0, 0.05) is 11.6 Å². The number of amides is 2. The first kappa shape index (κ1) is 18.5. The summed E-state index contributed by atoms with van der Waals surface area (Å²) in [7, 11) is 0. The molecule has 1 aromatic carbocycles. The summed E-state index contributed by atoms with van der Waals surface area (Å²) in [5, 5.41) is 4.91. The fourth-order valence-electron chi connectivity index (χ4n) is 2.28. The van der Waals surface area contributed by atoms with Gasteiger partial charge in [-0.1, -0.05) is 60.4 Å². The van der Waals surface area contributed by atoms with Crippen molar-refractivity contribution < 1.29 is 9.59 Å². The first-order chi connectivity index (χ1) is 12.5. The highest BCUT2D eigenvalue weighted by Crippen LogP contribution is 2.32. The Morgan fingerprint density at radius 1 is 1.35 bits per heavy atom. The largest absolute Gasteiger partial charge is 0.300 e. The van der Waals surface area contributed by atoms with Crippen LogP contribution in [0, 0.1) is 0 Å². The minimum absolute atomic E-state index is 0.122. The van der Waals surface area contributed by atoms with E-state index in [2.05, 4.69) is 10.3 Å². The molecule has 8 heteroatoms. The second-order valence-corrected chi connectivity index (χ2v) is 8.02. The van der Waals surface area contributed by atoms with E-state index in [1.165, 1.54) is 28.0 Å². The van der Waals surface area contributed by atoms with Gasteiger partial charge in [0.25, 0.3) is 5.91 Å². The van der Waals surface area contributed by atoms with Gasteiger partial charge in [-0.25, -0.2) is 4.98 Å². The summed E-state index contributed by atoms with van der Waals surface area (Å²) in [6.07, 6.45) is 5.39. The SMILES string of the molecule is CC(=C\c1ccccc1)/C=C1/SC(=S)N(CC(=O)Nc2nccs2)C1=O. The number of carbonyl (C=O) groups excluding carboxylic acids is 2. The summed E-state index contributed by atoms with van der Waals surface area (Å²) in [6.45, 7) is 1.80. The first-order valence-electron chi connectivity index (χ1n) is 7.71. The second kappa shape index (κ2) is 8.39. The van der Waals surface area contributed by atoms with Crippen LogP contribution >= 0.6 is 35.3 Å². The molecule has 1 N–H and O–H groups in total. The molecule has 1 saturated heterocycles. The van der Waals surface area contributed by atoms with Crippen LogP contribution in [-0.4, -0.2) is 32.6 Å². The van der Waals surface area contributed by atoms with Gasteiger partial charge < -0.3 is 5.32 Å². The number of hydrogen-bond acceptors (Lipinski definition) is 6. The summed E-state index contributed by atoms with van der Waals surface area (Å²) >= 11 is 7.78. The Kier molecular flexibility index (Phi) is 5.97. The monoisotopic (exact) mass is 401 g/mol. The number of anilines is 1. The molecule has 1 aromatic heterocycles. The van der Waals surface area contributed by atoms with Crippen molar-refractivity contribution in [2.75, 3.05) is 11.9 Å². The van der Waals surface area contributed by atoms with Crippen LogP contribution in [-0.2, 0) is 9.59 Å². The minimum atomic E-state index is -0.325. The molecular formula is C18H15N3O2S3. The molecule has 0 spiro atoms. The molecule has 0 unspecified atom stereocenters. The van der Waals surface area contributed by atoms with E-state index >= 15 is 0 Å². The molecule has 0 atom stereocenters. The zero-order chi connectivity index (χ0) is 18.5. The molecule has 26 heavy (non-hydrogen) atoms. The van der Waals surface area contributed by atoms with E-state index in [0.29, 0.717) is 14.4 Å². The van der Waals surface area contributed by atoms with Crippen molar-refractivity contribution in [2.24, 2.45) is 0 Å². The molecule has 132 valence electrons. The number of allylic oxidation sites excluding steroid dienone is 2. The average molecular weight is 402 g/mol. The number of thioether (sulfide) groups is 1. The molecular weight excluding hydrogens is 386 g/mol. The van der Waals surface area contributed by atoms with Gasteiger partial charge in [-0.2, -0.15) is 0 Å². The molecule has 2 aromatic rings. The van der Waals surface area contributed by atoms with Crippen molar-refractivity contribution in [1.82, 2.24) is 9.88 Å². The van der Waals surface area contributed by atoms with Gasteiger partial charge in [0.15, 0.2) is 5.13 Å². The van der Waals surface area contributed by atoms with Gasteiger partial charge in [0.05, 0.1) is 4.91 Å². The molecule has 0 radical (unpaired) electrons. The summed E-state index contributed by atoms with van der Waals surface area (Å²) in [5.74, 6) is -0.579. The highest BCUT2D eigenvalue weighted by Gasteiger charge is 2.33. The Morgan fingerprint density at radius 2 is 2.12 bits per heavy atom. The predicted molar refractivity (Wildman–Crippen MR) is 111 cm³/mol. The highest BCUT2D eigenvalue weighted by atomic mass is 32.2. The third-order valence-electron chi connectivity index (χ3n) is 3.41.